The maximum Gasteiger partial charge on any atom is 0.307 e. The maximum absolute atomic E-state index is 12.5. The molecule has 0 radical (unpaired) electrons. The lowest BCUT2D eigenvalue weighted by atomic mass is 9.81. The van der Waals surface area contributed by atoms with Crippen LogP contribution in [0.4, 0.5) is 17.2 Å². The van der Waals surface area contributed by atoms with Crippen molar-refractivity contribution in [3.05, 3.63) is 283 Å². The molecule has 4 fully saturated rings. The number of hydrogen-bond acceptors (Lipinski definition) is 21. The molecule has 5 aliphatic heterocycles. The fourth-order valence-corrected chi connectivity index (χ4v) is 18.3. The number of phenolic OH excluding ortho intramolecular Hbond substituents is 5. The van der Waals surface area contributed by atoms with Crippen molar-refractivity contribution in [2.75, 3.05) is 76.8 Å². The zero-order chi connectivity index (χ0) is 83.5. The minimum atomic E-state index is -0.800. The summed E-state index contributed by atoms with van der Waals surface area (Å²) < 4.78 is 16.8. The predicted octanol–water partition coefficient (Wildman–Crippen LogP) is 17.6. The Balaban J connectivity index is 0.000000117. The molecule has 21 nitrogen and oxygen atoms in total. The summed E-state index contributed by atoms with van der Waals surface area (Å²) in [5.41, 5.74) is 15.5. The molecular formula is C97H103N7O14S. The van der Waals surface area contributed by atoms with Gasteiger partial charge in [-0.3, -0.25) is 19.2 Å². The lowest BCUT2D eigenvalue weighted by Crippen LogP contribution is -2.47. The number of nitrogens with zero attached hydrogens (tertiary/aromatic N) is 6. The normalized spacial score (nSPS) is 17.8. The number of pyridine rings is 1. The number of Topliss-reactive ketones (excluding diaryl/α,β-unsaturated/α-hetero) is 1. The summed E-state index contributed by atoms with van der Waals surface area (Å²) in [4.78, 5) is 63.6. The van der Waals surface area contributed by atoms with Gasteiger partial charge in [-0.05, 0) is 226 Å². The number of phenols is 5. The number of nitrogens with one attached hydrogen (secondary N) is 1. The number of aliphatic hydroxyl groups excluding tert-OH is 1. The number of aryl methyl sites for hydroxylation is 3. The molecule has 7 heterocycles. The third-order valence-corrected chi connectivity index (χ3v) is 24.6. The zero-order valence-corrected chi connectivity index (χ0v) is 68.9. The highest BCUT2D eigenvalue weighted by atomic mass is 32.2. The minimum absolute atomic E-state index is 0.0350. The number of aromatic nitrogens is 2. The number of carbonyl (C=O) groups is 4. The molecule has 11 aromatic rings. The van der Waals surface area contributed by atoms with Crippen LogP contribution in [-0.2, 0) is 29.0 Å². The number of likely N-dealkylation sites (tertiary alicyclic amines) is 1. The second kappa shape index (κ2) is 37.9. The van der Waals surface area contributed by atoms with Crippen LogP contribution in [0.2, 0.25) is 0 Å². The highest BCUT2D eigenvalue weighted by Crippen LogP contribution is 2.49. The minimum Gasteiger partial charge on any atom is -0.508 e. The van der Waals surface area contributed by atoms with Crippen LogP contribution in [0.1, 0.15) is 187 Å². The first-order valence-electron chi connectivity index (χ1n) is 41.0. The molecule has 8 aliphatic rings. The molecule has 119 heavy (non-hydrogen) atoms. The van der Waals surface area contributed by atoms with Crippen molar-refractivity contribution < 1.29 is 68.9 Å². The van der Waals surface area contributed by atoms with Gasteiger partial charge in [-0.15, -0.1) is 0 Å². The molecule has 1 unspecified atom stereocenters. The van der Waals surface area contributed by atoms with Crippen molar-refractivity contribution >= 4 is 52.3 Å². The van der Waals surface area contributed by atoms with Crippen molar-refractivity contribution in [2.24, 2.45) is 0 Å². The average molecular weight is 1620 g/mol. The Morgan fingerprint density at radius 3 is 2.04 bits per heavy atom. The number of carbonyl (C=O) groups excluding carboxylic acids is 3. The Morgan fingerprint density at radius 2 is 1.33 bits per heavy atom. The van der Waals surface area contributed by atoms with E-state index in [2.05, 4.69) is 103 Å². The summed E-state index contributed by atoms with van der Waals surface area (Å²) >= 11 is 1.72. The predicted molar refractivity (Wildman–Crippen MR) is 461 cm³/mol. The number of hydrogen-bond donors (Lipinski definition) is 8. The fraction of sp³-hybridized carbons (Fsp3) is 0.320. The summed E-state index contributed by atoms with van der Waals surface area (Å²) in [6.07, 6.45) is 13.6. The number of aliphatic carboxylic acids is 1. The topological polar surface area (TPSA) is 292 Å². The zero-order valence-electron chi connectivity index (χ0n) is 68.1. The van der Waals surface area contributed by atoms with E-state index in [0.717, 1.165) is 133 Å². The Morgan fingerprint density at radius 1 is 0.639 bits per heavy atom. The van der Waals surface area contributed by atoms with E-state index >= 15 is 0 Å². The number of aliphatic hydroxyl groups is 1. The Labute approximate surface area is 698 Å². The van der Waals surface area contributed by atoms with Crippen LogP contribution in [0.25, 0.3) is 11.3 Å². The van der Waals surface area contributed by atoms with E-state index in [1.165, 1.54) is 83.3 Å². The van der Waals surface area contributed by atoms with Gasteiger partial charge in [-0.1, -0.05) is 126 Å². The number of ketones is 3. The third kappa shape index (κ3) is 19.5. The van der Waals surface area contributed by atoms with Gasteiger partial charge < -0.3 is 74.7 Å². The van der Waals surface area contributed by atoms with E-state index in [1.54, 1.807) is 50.9 Å². The van der Waals surface area contributed by atoms with Gasteiger partial charge in [0.2, 0.25) is 5.78 Å². The first kappa shape index (κ1) is 83.7. The number of piperazine rings is 1. The first-order valence-corrected chi connectivity index (χ1v) is 41.8. The number of methoxy groups -OCH3 is 1. The molecule has 9 aromatic carbocycles. The largest absolute Gasteiger partial charge is 0.508 e. The smallest absolute Gasteiger partial charge is 0.307 e. The monoisotopic (exact) mass is 1620 g/mol. The fourth-order valence-electron chi connectivity index (χ4n) is 17.2. The molecule has 616 valence electrons. The highest BCUT2D eigenvalue weighted by Gasteiger charge is 2.37. The van der Waals surface area contributed by atoms with Gasteiger partial charge in [0.15, 0.2) is 34.5 Å². The molecule has 0 spiro atoms. The number of carboxylic acid groups (broad SMARTS) is 1. The molecule has 2 saturated carbocycles. The number of para-hydroxylation sites is 1. The van der Waals surface area contributed by atoms with Gasteiger partial charge in [0.25, 0.3) is 0 Å². The van der Waals surface area contributed by atoms with Crippen LogP contribution in [0.3, 0.4) is 0 Å². The SMILES string of the molecule is CN1CCN2c3ncccc3Cc3ccccc3C2C1.CN1c2ccccc2Sc2ccc(CC(=O)O)cc21.COc1ccc([C@@H]2CCC(=O)C2)cc1OC1CCCC1.Cc1cc(O)c2c(c1)C(=O)c1cc(C)cc(O)c1C2=O.Cc1cc([C@@H]2CNCc3c2ccc(O)c3O)ccc1O.O[C@H](CN1CCCCC1)c1cc(-c2ccccc2)on1. The Bertz CT molecular complexity index is 5440. The number of benzene rings is 9. The van der Waals surface area contributed by atoms with Crippen LogP contribution in [0.5, 0.6) is 40.2 Å². The number of anilines is 3. The molecule has 0 amide bonds. The van der Waals surface area contributed by atoms with Crippen molar-refractivity contribution in [3.8, 4) is 51.6 Å². The lowest BCUT2D eigenvalue weighted by molar-refractivity contribution is -0.136. The molecule has 3 aliphatic carbocycles. The first-order chi connectivity index (χ1) is 57.5. The maximum atomic E-state index is 12.5. The number of carboxylic acids is 1. The van der Waals surface area contributed by atoms with Gasteiger partial charge in [-0.2, -0.15) is 0 Å². The Kier molecular flexibility index (Phi) is 26.6. The van der Waals surface area contributed by atoms with Gasteiger partial charge in [-0.25, -0.2) is 4.98 Å². The van der Waals surface area contributed by atoms with Gasteiger partial charge >= 0.3 is 5.97 Å². The number of ether oxygens (including phenoxy) is 2. The quantitative estimate of drug-likeness (QED) is 0.0558. The van der Waals surface area contributed by atoms with E-state index in [9.17, 15) is 49.8 Å². The van der Waals surface area contributed by atoms with Crippen LogP contribution >= 0.6 is 11.8 Å². The standard InChI is InChI=1S/C17H19N3.C17H22O3.C16H20N2O2.C16H17NO3.C16H12O4.C15H13NO2S/c1-19-9-10-20-16(12-19)15-7-3-2-5-13(15)11-14-6-4-8-18-17(14)20;1-19-16-9-7-13(12-6-8-14(18)10-12)11-17(16)20-15-4-2-3-5-15;19-15(12-18-9-5-2-6-10-18)14-11-16(20-17-14)13-7-3-1-4-8-13;1-9-6-10(2-4-14(9)18)12-7-17-8-13-11(12)3-5-15(19)16(13)20;1-7-3-9-13(11(17)5-7)16(20)14-10(15(9)19)4-8(2)6-12(14)18;1-16-11-4-2-3-5-13(11)19-14-7-6-10(8-12(14)16)9-15(17)18/h2-8,16H,9-12H2,1H3;7,9,11-12,15H,2-6,8,10H2,1H3;1,3-4,7-8,11,15,19H,2,5-6,9-10,12H2;2-6,12,17-20H,7-8H2,1H3;3-6,17-18H,1-2H3;2-8H,9H2,1H3,(H,17,18)/t;12-;15-;12-;;/m.110../s1. The lowest BCUT2D eigenvalue weighted by Gasteiger charge is -2.41. The highest BCUT2D eigenvalue weighted by molar-refractivity contribution is 7.99. The average Bonchev–Trinajstić information content (AvgIpc) is 1.59. The Hall–Kier alpha value is -11.8. The second-order valence-corrected chi connectivity index (χ2v) is 33.0. The summed E-state index contributed by atoms with van der Waals surface area (Å²) in [6, 6.07) is 60.4. The second-order valence-electron chi connectivity index (χ2n) is 31.9. The summed E-state index contributed by atoms with van der Waals surface area (Å²) in [5.74, 6) is 2.38. The molecule has 2 aromatic heterocycles. The summed E-state index contributed by atoms with van der Waals surface area (Å²) in [5, 5.41) is 75.5. The van der Waals surface area contributed by atoms with Gasteiger partial charge in [0.05, 0.1) is 48.2 Å². The van der Waals surface area contributed by atoms with Gasteiger partial charge in [0.1, 0.15) is 40.6 Å². The van der Waals surface area contributed by atoms with E-state index < -0.39 is 17.9 Å². The summed E-state index contributed by atoms with van der Waals surface area (Å²) in [7, 11) is 5.90. The molecule has 2 saturated heterocycles. The van der Waals surface area contributed by atoms with Crippen LogP contribution in [-0.4, -0.2) is 152 Å². The molecule has 0 bridgehead atoms. The van der Waals surface area contributed by atoms with E-state index in [-0.39, 0.29) is 69.1 Å². The molecule has 19 rings (SSSR count). The van der Waals surface area contributed by atoms with Crippen molar-refractivity contribution in [3.63, 3.8) is 0 Å². The van der Waals surface area contributed by atoms with Crippen LogP contribution < -0.4 is 24.6 Å². The van der Waals surface area contributed by atoms with Crippen molar-refractivity contribution in [1.29, 1.82) is 0 Å². The third-order valence-electron chi connectivity index (χ3n) is 23.4. The number of rotatable bonds is 11. The number of piperidine rings is 1. The van der Waals surface area contributed by atoms with Crippen LogP contribution in [0.15, 0.2) is 209 Å². The van der Waals surface area contributed by atoms with Crippen molar-refractivity contribution in [1.82, 2.24) is 25.3 Å². The number of fused-ring (bicyclic) bond motifs is 10. The van der Waals surface area contributed by atoms with E-state index in [0.29, 0.717) is 65.9 Å². The molecular weight excluding hydrogens is 1520 g/mol. The summed E-state index contributed by atoms with van der Waals surface area (Å²) in [6.45, 7) is 12.7. The number of likely N-dealkylation sites (N-methyl/N-ethyl adjacent to an activating group) is 1. The number of β-amino-alcohol motifs (C(OH)–C–C–N with tert-alkyl or cyclic N) is 1. The van der Waals surface area contributed by atoms with Gasteiger partial charge in [0, 0.05) is 116 Å². The molecule has 4 atom stereocenters. The molecule has 22 heteroatoms. The van der Waals surface area contributed by atoms with E-state index in [1.807, 2.05) is 111 Å². The van der Waals surface area contributed by atoms with E-state index in [4.69, 9.17) is 19.1 Å². The van der Waals surface area contributed by atoms with Crippen LogP contribution in [0, 0.1) is 20.8 Å². The van der Waals surface area contributed by atoms with Crippen molar-refractivity contribution in [2.45, 2.75) is 144 Å². The number of aromatic hydroxyl groups is 5. The molecule has 8 N–H and O–H groups in total.